The highest BCUT2D eigenvalue weighted by Crippen LogP contribution is 1.91. The summed E-state index contributed by atoms with van der Waals surface area (Å²) in [6.45, 7) is 3.71. The first-order chi connectivity index (χ1) is 5.07. The molecular formula is C7H14N2O2. The van der Waals surface area contributed by atoms with Gasteiger partial charge >= 0.3 is 6.03 Å². The van der Waals surface area contributed by atoms with Crippen LogP contribution in [0.3, 0.4) is 0 Å². The Morgan fingerprint density at radius 2 is 1.91 bits per heavy atom. The van der Waals surface area contributed by atoms with Crippen LogP contribution in [0.2, 0.25) is 0 Å². The van der Waals surface area contributed by atoms with E-state index in [4.69, 9.17) is 0 Å². The van der Waals surface area contributed by atoms with Gasteiger partial charge < -0.3 is 10.6 Å². The summed E-state index contributed by atoms with van der Waals surface area (Å²) >= 11 is 0. The van der Waals surface area contributed by atoms with E-state index in [2.05, 4.69) is 10.6 Å². The molecule has 0 aromatic heterocycles. The van der Waals surface area contributed by atoms with Crippen molar-refractivity contribution in [2.24, 2.45) is 5.92 Å². The second-order valence-electron chi connectivity index (χ2n) is 2.55. The molecule has 0 spiro atoms. The van der Waals surface area contributed by atoms with Crippen molar-refractivity contribution in [1.29, 1.82) is 0 Å². The zero-order valence-corrected chi connectivity index (χ0v) is 7.10. The highest BCUT2D eigenvalue weighted by atomic mass is 16.2. The second kappa shape index (κ2) is 4.71. The predicted molar refractivity (Wildman–Crippen MR) is 42.3 cm³/mol. The number of urea groups is 1. The molecule has 4 heteroatoms. The Bertz CT molecular complexity index is 155. The van der Waals surface area contributed by atoms with Crippen molar-refractivity contribution in [3.63, 3.8) is 0 Å². The predicted octanol–water partition coefficient (Wildman–Crippen LogP) is 0.140. The zero-order chi connectivity index (χ0) is 8.85. The summed E-state index contributed by atoms with van der Waals surface area (Å²) in [5.74, 6) is 0.0146. The molecule has 0 fully saturated rings. The van der Waals surface area contributed by atoms with Gasteiger partial charge in [-0.05, 0) is 0 Å². The van der Waals surface area contributed by atoms with Crippen LogP contribution < -0.4 is 10.6 Å². The van der Waals surface area contributed by atoms with Crippen LogP contribution in [0.1, 0.15) is 13.8 Å². The largest absolute Gasteiger partial charge is 0.341 e. The summed E-state index contributed by atoms with van der Waals surface area (Å²) in [7, 11) is 1.51. The molecule has 0 aromatic carbocycles. The average molecular weight is 158 g/mol. The van der Waals surface area contributed by atoms with E-state index in [1.807, 2.05) is 0 Å². The van der Waals surface area contributed by atoms with E-state index in [1.54, 1.807) is 13.8 Å². The lowest BCUT2D eigenvalue weighted by Crippen LogP contribution is -2.37. The smallest absolute Gasteiger partial charge is 0.314 e. The van der Waals surface area contributed by atoms with Crippen LogP contribution >= 0.6 is 0 Å². The summed E-state index contributed by atoms with van der Waals surface area (Å²) in [6, 6.07) is -0.320. The Morgan fingerprint density at radius 3 is 2.27 bits per heavy atom. The van der Waals surface area contributed by atoms with Crippen molar-refractivity contribution in [1.82, 2.24) is 10.6 Å². The fourth-order valence-corrected chi connectivity index (χ4v) is 0.460. The van der Waals surface area contributed by atoms with E-state index in [-0.39, 0.29) is 24.3 Å². The van der Waals surface area contributed by atoms with Gasteiger partial charge in [0.25, 0.3) is 0 Å². The maximum absolute atomic E-state index is 10.9. The van der Waals surface area contributed by atoms with Crippen LogP contribution in [0.4, 0.5) is 4.79 Å². The van der Waals surface area contributed by atoms with Crippen LogP contribution in [-0.4, -0.2) is 25.4 Å². The molecule has 11 heavy (non-hydrogen) atoms. The van der Waals surface area contributed by atoms with Gasteiger partial charge in [0, 0.05) is 13.0 Å². The Hall–Kier alpha value is -1.06. The van der Waals surface area contributed by atoms with Crippen molar-refractivity contribution in [3.05, 3.63) is 0 Å². The van der Waals surface area contributed by atoms with Gasteiger partial charge in [-0.3, -0.25) is 4.79 Å². The number of carbonyl (C=O) groups excluding carboxylic acids is 2. The van der Waals surface area contributed by atoms with Gasteiger partial charge in [-0.15, -0.1) is 0 Å². The molecular weight excluding hydrogens is 144 g/mol. The van der Waals surface area contributed by atoms with Gasteiger partial charge in [0.05, 0.1) is 6.54 Å². The Kier molecular flexibility index (Phi) is 4.26. The van der Waals surface area contributed by atoms with E-state index < -0.39 is 0 Å². The molecule has 0 saturated heterocycles. The number of nitrogens with one attached hydrogen (secondary N) is 2. The van der Waals surface area contributed by atoms with Gasteiger partial charge in [0.1, 0.15) is 0 Å². The number of Topliss-reactive ketones (excluding diaryl/α,β-unsaturated/α-hetero) is 1. The minimum atomic E-state index is -0.320. The molecule has 2 amide bonds. The fraction of sp³-hybridized carbons (Fsp3) is 0.714. The zero-order valence-electron chi connectivity index (χ0n) is 7.10. The number of rotatable bonds is 3. The second-order valence-corrected chi connectivity index (χ2v) is 2.55. The molecule has 0 rings (SSSR count). The van der Waals surface area contributed by atoms with E-state index >= 15 is 0 Å². The molecule has 0 aromatic rings. The van der Waals surface area contributed by atoms with E-state index in [0.29, 0.717) is 0 Å². The maximum Gasteiger partial charge on any atom is 0.314 e. The summed E-state index contributed by atoms with van der Waals surface area (Å²) < 4.78 is 0. The summed E-state index contributed by atoms with van der Waals surface area (Å²) in [6.07, 6.45) is 0. The molecule has 0 aliphatic heterocycles. The summed E-state index contributed by atoms with van der Waals surface area (Å²) in [5, 5.41) is 4.77. The third-order valence-electron chi connectivity index (χ3n) is 1.29. The minimum absolute atomic E-state index is 0.0212. The molecule has 0 radical (unpaired) electrons. The van der Waals surface area contributed by atoms with E-state index in [1.165, 1.54) is 7.05 Å². The van der Waals surface area contributed by atoms with Gasteiger partial charge in [-0.2, -0.15) is 0 Å². The minimum Gasteiger partial charge on any atom is -0.341 e. The molecule has 0 aliphatic rings. The van der Waals surface area contributed by atoms with Gasteiger partial charge in [-0.1, -0.05) is 13.8 Å². The van der Waals surface area contributed by atoms with Crippen molar-refractivity contribution in [2.45, 2.75) is 13.8 Å². The standard InChI is InChI=1S/C7H14N2O2/c1-5(2)6(10)4-9-7(11)8-3/h5H,4H2,1-3H3,(H2,8,9,11). The van der Waals surface area contributed by atoms with Gasteiger partial charge in [-0.25, -0.2) is 4.79 Å². The monoisotopic (exact) mass is 158 g/mol. The first kappa shape index (κ1) is 9.94. The SMILES string of the molecule is CNC(=O)NCC(=O)C(C)C. The number of hydrogen-bond donors (Lipinski definition) is 2. The van der Waals surface area contributed by atoms with Gasteiger partial charge in [0.2, 0.25) is 0 Å². The van der Waals surface area contributed by atoms with Crippen molar-refractivity contribution < 1.29 is 9.59 Å². The van der Waals surface area contributed by atoms with Gasteiger partial charge in [0.15, 0.2) is 5.78 Å². The van der Waals surface area contributed by atoms with Crippen molar-refractivity contribution in [2.75, 3.05) is 13.6 Å². The third kappa shape index (κ3) is 4.36. The molecule has 4 nitrogen and oxygen atoms in total. The van der Waals surface area contributed by atoms with Crippen LogP contribution in [0.25, 0.3) is 0 Å². The third-order valence-corrected chi connectivity index (χ3v) is 1.29. The lowest BCUT2D eigenvalue weighted by atomic mass is 10.1. The first-order valence-corrected chi connectivity index (χ1v) is 3.56. The van der Waals surface area contributed by atoms with E-state index in [9.17, 15) is 9.59 Å². The highest BCUT2D eigenvalue weighted by molar-refractivity contribution is 5.86. The number of ketones is 1. The van der Waals surface area contributed by atoms with Crippen molar-refractivity contribution in [3.8, 4) is 0 Å². The van der Waals surface area contributed by atoms with Crippen molar-refractivity contribution >= 4 is 11.8 Å². The Balaban J connectivity index is 3.54. The highest BCUT2D eigenvalue weighted by Gasteiger charge is 2.07. The summed E-state index contributed by atoms with van der Waals surface area (Å²) in [4.78, 5) is 21.5. The number of hydrogen-bond acceptors (Lipinski definition) is 2. The molecule has 0 atom stereocenters. The fourth-order valence-electron chi connectivity index (χ4n) is 0.460. The van der Waals surface area contributed by atoms with Crippen LogP contribution in [0.5, 0.6) is 0 Å². The molecule has 0 aliphatic carbocycles. The average Bonchev–Trinajstić information content (AvgIpc) is 1.99. The molecule has 64 valence electrons. The number of carbonyl (C=O) groups is 2. The van der Waals surface area contributed by atoms with Crippen LogP contribution in [-0.2, 0) is 4.79 Å². The summed E-state index contributed by atoms with van der Waals surface area (Å²) in [5.41, 5.74) is 0. The molecule has 0 saturated carbocycles. The Morgan fingerprint density at radius 1 is 1.36 bits per heavy atom. The Labute approximate surface area is 66.4 Å². The number of amides is 2. The molecule has 2 N–H and O–H groups in total. The topological polar surface area (TPSA) is 58.2 Å². The lowest BCUT2D eigenvalue weighted by Gasteiger charge is -2.04. The lowest BCUT2D eigenvalue weighted by molar-refractivity contribution is -0.120. The maximum atomic E-state index is 10.9. The van der Waals surface area contributed by atoms with E-state index in [0.717, 1.165) is 0 Å². The quantitative estimate of drug-likeness (QED) is 0.613. The normalized spacial score (nSPS) is 9.45. The van der Waals surface area contributed by atoms with Crippen LogP contribution in [0.15, 0.2) is 0 Å². The first-order valence-electron chi connectivity index (χ1n) is 3.56. The molecule has 0 bridgehead atoms. The van der Waals surface area contributed by atoms with Crippen LogP contribution in [0, 0.1) is 5.92 Å². The molecule has 0 unspecified atom stereocenters. The molecule has 0 heterocycles.